The molecular weight excluding hydrogens is 251 g/mol. The van der Waals surface area contributed by atoms with Gasteiger partial charge in [-0.2, -0.15) is 0 Å². The molecule has 0 aliphatic heterocycles. The molecule has 0 unspecified atom stereocenters. The third-order valence-corrected chi connectivity index (χ3v) is 3.05. The summed E-state index contributed by atoms with van der Waals surface area (Å²) in [6.45, 7) is 0. The fourth-order valence-corrected chi connectivity index (χ4v) is 1.77. The van der Waals surface area contributed by atoms with Gasteiger partial charge in [0.1, 0.15) is 11.6 Å². The number of pyridine rings is 1. The van der Waals surface area contributed by atoms with Crippen LogP contribution in [0, 0.1) is 5.82 Å². The van der Waals surface area contributed by atoms with Crippen molar-refractivity contribution in [1.29, 1.82) is 0 Å². The highest BCUT2D eigenvalue weighted by Gasteiger charge is 2.11. The third kappa shape index (κ3) is 2.87. The Morgan fingerprint density at radius 3 is 2.67 bits per heavy atom. The Morgan fingerprint density at radius 1 is 1.28 bits per heavy atom. The van der Waals surface area contributed by atoms with Gasteiger partial charge in [0.05, 0.1) is 5.56 Å². The van der Waals surface area contributed by atoms with Crippen LogP contribution in [-0.4, -0.2) is 17.1 Å². The fourth-order valence-electron chi connectivity index (χ4n) is 1.40. The van der Waals surface area contributed by atoms with Gasteiger partial charge < -0.3 is 5.32 Å². The Labute approximate surface area is 108 Å². The predicted octanol–water partition coefficient (Wildman–Crippen LogP) is 3.19. The van der Waals surface area contributed by atoms with Crippen LogP contribution in [0.3, 0.4) is 0 Å². The molecule has 0 saturated carbocycles. The van der Waals surface area contributed by atoms with E-state index in [0.29, 0.717) is 5.82 Å². The minimum Gasteiger partial charge on any atom is -0.306 e. The van der Waals surface area contributed by atoms with Crippen molar-refractivity contribution in [3.8, 4) is 0 Å². The van der Waals surface area contributed by atoms with Crippen molar-refractivity contribution in [2.45, 2.75) is 4.90 Å². The van der Waals surface area contributed by atoms with E-state index in [1.807, 2.05) is 12.3 Å². The minimum atomic E-state index is -0.546. The van der Waals surface area contributed by atoms with E-state index in [-0.39, 0.29) is 5.56 Å². The zero-order valence-corrected chi connectivity index (χ0v) is 10.5. The summed E-state index contributed by atoms with van der Waals surface area (Å²) in [6.07, 6.45) is 3.59. The lowest BCUT2D eigenvalue weighted by Crippen LogP contribution is -2.14. The van der Waals surface area contributed by atoms with Crippen LogP contribution in [0.15, 0.2) is 47.5 Å². The summed E-state index contributed by atoms with van der Waals surface area (Å²) < 4.78 is 13.4. The van der Waals surface area contributed by atoms with Crippen molar-refractivity contribution in [2.75, 3.05) is 11.6 Å². The van der Waals surface area contributed by atoms with E-state index in [1.165, 1.54) is 18.2 Å². The Kier molecular flexibility index (Phi) is 3.94. The van der Waals surface area contributed by atoms with Crippen molar-refractivity contribution < 1.29 is 9.18 Å². The highest BCUT2D eigenvalue weighted by molar-refractivity contribution is 7.98. The Morgan fingerprint density at radius 2 is 2.06 bits per heavy atom. The van der Waals surface area contributed by atoms with Crippen LogP contribution in [0.2, 0.25) is 0 Å². The van der Waals surface area contributed by atoms with Gasteiger partial charge in [-0.15, -0.1) is 11.8 Å². The monoisotopic (exact) mass is 262 g/mol. The van der Waals surface area contributed by atoms with Gasteiger partial charge in [-0.1, -0.05) is 12.1 Å². The molecule has 0 aliphatic rings. The van der Waals surface area contributed by atoms with Gasteiger partial charge in [-0.3, -0.25) is 4.79 Å². The second kappa shape index (κ2) is 5.64. The van der Waals surface area contributed by atoms with Gasteiger partial charge in [0.2, 0.25) is 0 Å². The summed E-state index contributed by atoms with van der Waals surface area (Å²) in [4.78, 5) is 16.9. The molecule has 1 aromatic heterocycles. The Hall–Kier alpha value is -1.88. The summed E-state index contributed by atoms with van der Waals surface area (Å²) in [6, 6.07) is 9.36. The highest BCUT2D eigenvalue weighted by atomic mass is 32.2. The number of halogens is 1. The van der Waals surface area contributed by atoms with Gasteiger partial charge in [-0.25, -0.2) is 9.37 Å². The molecule has 3 nitrogen and oxygen atoms in total. The quantitative estimate of drug-likeness (QED) is 0.864. The molecule has 0 atom stereocenters. The summed E-state index contributed by atoms with van der Waals surface area (Å²) in [5.74, 6) is -0.644. The number of carbonyl (C=O) groups excluding carboxylic acids is 1. The maximum absolute atomic E-state index is 13.4. The van der Waals surface area contributed by atoms with Crippen LogP contribution in [0.4, 0.5) is 10.2 Å². The Bertz CT molecular complexity index is 557. The molecule has 18 heavy (non-hydrogen) atoms. The second-order valence-corrected chi connectivity index (χ2v) is 4.40. The van der Waals surface area contributed by atoms with Crippen molar-refractivity contribution in [2.24, 2.45) is 0 Å². The summed E-state index contributed by atoms with van der Waals surface area (Å²) in [5, 5.41) is 2.55. The lowest BCUT2D eigenvalue weighted by Gasteiger charge is -2.05. The van der Waals surface area contributed by atoms with Crippen LogP contribution in [0.25, 0.3) is 0 Å². The number of nitrogens with one attached hydrogen (secondary N) is 1. The van der Waals surface area contributed by atoms with Crippen LogP contribution >= 0.6 is 11.8 Å². The van der Waals surface area contributed by atoms with E-state index >= 15 is 0 Å². The highest BCUT2D eigenvalue weighted by Crippen LogP contribution is 2.15. The Balaban J connectivity index is 2.14. The third-order valence-electron chi connectivity index (χ3n) is 2.33. The first kappa shape index (κ1) is 12.6. The van der Waals surface area contributed by atoms with E-state index in [0.717, 1.165) is 4.90 Å². The first-order chi connectivity index (χ1) is 8.70. The average Bonchev–Trinajstić information content (AvgIpc) is 2.40. The molecule has 0 aliphatic carbocycles. The van der Waals surface area contributed by atoms with Crippen molar-refractivity contribution in [3.05, 3.63) is 54.0 Å². The van der Waals surface area contributed by atoms with Gasteiger partial charge in [-0.05, 0) is 30.5 Å². The van der Waals surface area contributed by atoms with Crippen LogP contribution in [0.1, 0.15) is 10.4 Å². The van der Waals surface area contributed by atoms with Crippen LogP contribution in [0.5, 0.6) is 0 Å². The molecule has 0 radical (unpaired) electrons. The molecule has 1 amide bonds. The number of hydrogen-bond donors (Lipinski definition) is 1. The number of rotatable bonds is 3. The number of nitrogens with zero attached hydrogens (tertiary/aromatic N) is 1. The number of hydrogen-bond acceptors (Lipinski definition) is 3. The van der Waals surface area contributed by atoms with E-state index in [9.17, 15) is 9.18 Å². The molecule has 0 bridgehead atoms. The maximum atomic E-state index is 13.4. The topological polar surface area (TPSA) is 42.0 Å². The first-order valence-electron chi connectivity index (χ1n) is 5.26. The number of benzene rings is 1. The summed E-state index contributed by atoms with van der Waals surface area (Å²) >= 11 is 1.56. The lowest BCUT2D eigenvalue weighted by atomic mass is 10.2. The van der Waals surface area contributed by atoms with Gasteiger partial charge in [0.15, 0.2) is 0 Å². The molecule has 0 fully saturated rings. The molecule has 2 rings (SSSR count). The van der Waals surface area contributed by atoms with Crippen molar-refractivity contribution in [1.82, 2.24) is 4.98 Å². The second-order valence-electron chi connectivity index (χ2n) is 3.52. The molecule has 0 saturated heterocycles. The maximum Gasteiger partial charge on any atom is 0.259 e. The smallest absolute Gasteiger partial charge is 0.259 e. The molecule has 0 spiro atoms. The molecular formula is C13H11FN2OS. The molecule has 1 aromatic carbocycles. The van der Waals surface area contributed by atoms with Crippen LogP contribution in [-0.2, 0) is 0 Å². The standard InChI is InChI=1S/C13H11FN2OS/c1-18-9-6-7-12(15-8-9)16-13(17)10-4-2-3-5-11(10)14/h2-8H,1H3,(H,15,16,17). The summed E-state index contributed by atoms with van der Waals surface area (Å²) in [7, 11) is 0. The largest absolute Gasteiger partial charge is 0.306 e. The number of aromatic nitrogens is 1. The van der Waals surface area contributed by atoms with Crippen LogP contribution < -0.4 is 5.32 Å². The molecule has 2 aromatic rings. The van der Waals surface area contributed by atoms with E-state index < -0.39 is 11.7 Å². The average molecular weight is 262 g/mol. The lowest BCUT2D eigenvalue weighted by molar-refractivity contribution is 0.102. The minimum absolute atomic E-state index is 0.00763. The van der Waals surface area contributed by atoms with Gasteiger partial charge in [0, 0.05) is 11.1 Å². The molecule has 1 heterocycles. The number of thioether (sulfide) groups is 1. The van der Waals surface area contributed by atoms with Crippen molar-refractivity contribution in [3.63, 3.8) is 0 Å². The van der Waals surface area contributed by atoms with E-state index in [4.69, 9.17) is 0 Å². The van der Waals surface area contributed by atoms with Gasteiger partial charge >= 0.3 is 0 Å². The zero-order valence-electron chi connectivity index (χ0n) is 9.68. The zero-order chi connectivity index (χ0) is 13.0. The fraction of sp³-hybridized carbons (Fsp3) is 0.0769. The van der Waals surface area contributed by atoms with Gasteiger partial charge in [0.25, 0.3) is 5.91 Å². The summed E-state index contributed by atoms with van der Waals surface area (Å²) in [5.41, 5.74) is 0.00763. The molecule has 5 heteroatoms. The first-order valence-corrected chi connectivity index (χ1v) is 6.49. The van der Waals surface area contributed by atoms with Crippen molar-refractivity contribution >= 4 is 23.5 Å². The number of carbonyl (C=O) groups is 1. The normalized spacial score (nSPS) is 10.1. The number of anilines is 1. The SMILES string of the molecule is CSc1ccc(NC(=O)c2ccccc2F)nc1. The number of amides is 1. The molecule has 92 valence electrons. The van der Waals surface area contributed by atoms with E-state index in [2.05, 4.69) is 10.3 Å². The molecule has 1 N–H and O–H groups in total. The van der Waals surface area contributed by atoms with E-state index in [1.54, 1.807) is 30.1 Å². The predicted molar refractivity (Wildman–Crippen MR) is 70.4 cm³/mol.